The molecule has 0 radical (unpaired) electrons. The molecule has 182 valence electrons. The molecule has 1 saturated heterocycles. The van der Waals surface area contributed by atoms with E-state index in [-0.39, 0.29) is 16.9 Å². The van der Waals surface area contributed by atoms with Gasteiger partial charge in [0.05, 0.1) is 5.71 Å². The summed E-state index contributed by atoms with van der Waals surface area (Å²) in [5, 5.41) is 7.57. The molecule has 6 nitrogen and oxygen atoms in total. The fourth-order valence-corrected chi connectivity index (χ4v) is 8.51. The van der Waals surface area contributed by atoms with E-state index >= 15 is 0 Å². The molecule has 0 aromatic carbocycles. The monoisotopic (exact) mass is 456 g/mol. The number of carbonyl (C=O) groups is 2. The Morgan fingerprint density at radius 1 is 1.12 bits per heavy atom. The van der Waals surface area contributed by atoms with Crippen LogP contribution in [0.4, 0.5) is 4.79 Å². The van der Waals surface area contributed by atoms with Crippen LogP contribution in [0, 0.1) is 34.5 Å². The van der Waals surface area contributed by atoms with E-state index in [2.05, 4.69) is 24.3 Å². The first-order valence-corrected chi connectivity index (χ1v) is 13.2. The van der Waals surface area contributed by atoms with Crippen LogP contribution in [0.3, 0.4) is 0 Å². The zero-order chi connectivity index (χ0) is 23.2. The molecule has 1 heterocycles. The van der Waals surface area contributed by atoms with E-state index < -0.39 is 6.16 Å². The average molecular weight is 457 g/mol. The topological polar surface area (TPSA) is 77.0 Å². The zero-order valence-electron chi connectivity index (χ0n) is 20.5. The lowest BCUT2D eigenvalue weighted by molar-refractivity contribution is -0.117. The minimum absolute atomic E-state index is 0.206. The molecule has 6 heteroatoms. The van der Waals surface area contributed by atoms with Crippen LogP contribution >= 0.6 is 0 Å². The van der Waals surface area contributed by atoms with Gasteiger partial charge in [-0.05, 0) is 106 Å². The number of rotatable bonds is 4. The van der Waals surface area contributed by atoms with Gasteiger partial charge in [-0.2, -0.15) is 0 Å². The third-order valence-corrected chi connectivity index (χ3v) is 10.3. The summed E-state index contributed by atoms with van der Waals surface area (Å²) >= 11 is 0. The summed E-state index contributed by atoms with van der Waals surface area (Å²) in [5.41, 5.74) is 2.77. The van der Waals surface area contributed by atoms with Crippen molar-refractivity contribution in [2.24, 2.45) is 39.7 Å². The van der Waals surface area contributed by atoms with Crippen molar-refractivity contribution in [1.29, 1.82) is 0 Å². The molecule has 1 aliphatic heterocycles. The standard InChI is InChI=1S/C27H40N2O4/c1-17(29-33-25(31)32-16-19-5-4-14-28-19)22-8-9-23-21-7-6-18-15-20(30)10-12-26(18,2)24(21)11-13-27(22,23)3/h15,19,21-24,28H,4-14,16H2,1-3H3/b29-17+/t19?,21-,22+,23-,24-,26-,27+/m0/s1. The maximum atomic E-state index is 12.1. The van der Waals surface area contributed by atoms with Crippen molar-refractivity contribution in [2.75, 3.05) is 13.2 Å². The molecule has 0 amide bonds. The molecule has 5 rings (SSSR count). The molecule has 0 bridgehead atoms. The van der Waals surface area contributed by atoms with Crippen LogP contribution in [0.2, 0.25) is 0 Å². The van der Waals surface area contributed by atoms with Gasteiger partial charge in [0.1, 0.15) is 6.61 Å². The SMILES string of the molecule is C/C(=N\OC(=O)OCC1CCCN1)[C@H]1CC[C@H]2[C@@H]3CCC4=CC(=O)CC[C@]4(C)[C@H]3CC[C@]12C. The van der Waals surface area contributed by atoms with Crippen molar-refractivity contribution >= 4 is 17.7 Å². The van der Waals surface area contributed by atoms with Gasteiger partial charge in [-0.1, -0.05) is 24.6 Å². The third-order valence-electron chi connectivity index (χ3n) is 10.3. The molecule has 33 heavy (non-hydrogen) atoms. The lowest BCUT2D eigenvalue weighted by Crippen LogP contribution is -2.51. The quantitative estimate of drug-likeness (QED) is 0.265. The first-order chi connectivity index (χ1) is 15.8. The van der Waals surface area contributed by atoms with Crippen molar-refractivity contribution < 1.29 is 19.2 Å². The van der Waals surface area contributed by atoms with Crippen LogP contribution in [0.25, 0.3) is 0 Å². The van der Waals surface area contributed by atoms with E-state index in [1.165, 1.54) is 31.3 Å². The highest BCUT2D eigenvalue weighted by Crippen LogP contribution is 2.66. The van der Waals surface area contributed by atoms with Crippen molar-refractivity contribution in [3.63, 3.8) is 0 Å². The van der Waals surface area contributed by atoms with Crippen LogP contribution < -0.4 is 5.32 Å². The van der Waals surface area contributed by atoms with Gasteiger partial charge in [-0.3, -0.25) is 9.63 Å². The Balaban J connectivity index is 1.24. The summed E-state index contributed by atoms with van der Waals surface area (Å²) in [6.45, 7) is 8.24. The molecule has 4 aliphatic carbocycles. The molecule has 5 aliphatic rings. The fourth-order valence-electron chi connectivity index (χ4n) is 8.51. The first kappa shape index (κ1) is 23.1. The van der Waals surface area contributed by atoms with Crippen molar-refractivity contribution in [3.8, 4) is 0 Å². The minimum Gasteiger partial charge on any atom is -0.431 e. The molecular formula is C27H40N2O4. The molecule has 0 spiro atoms. The zero-order valence-corrected chi connectivity index (χ0v) is 20.5. The third kappa shape index (κ3) is 4.06. The fraction of sp³-hybridized carbons (Fsp3) is 0.815. The van der Waals surface area contributed by atoms with Crippen LogP contribution in [0.15, 0.2) is 16.8 Å². The molecule has 1 N–H and O–H groups in total. The van der Waals surface area contributed by atoms with Gasteiger partial charge in [0.2, 0.25) is 0 Å². The van der Waals surface area contributed by atoms with Gasteiger partial charge in [0, 0.05) is 18.4 Å². The van der Waals surface area contributed by atoms with Gasteiger partial charge < -0.3 is 10.1 Å². The molecule has 0 aromatic heterocycles. The molecular weight excluding hydrogens is 416 g/mol. The Kier molecular flexibility index (Phi) is 6.17. The number of nitrogens with zero attached hydrogens (tertiary/aromatic N) is 1. The summed E-state index contributed by atoms with van der Waals surface area (Å²) in [6, 6.07) is 0.238. The normalized spacial score (nSPS) is 42.8. The van der Waals surface area contributed by atoms with Crippen LogP contribution in [-0.2, 0) is 14.4 Å². The smallest absolute Gasteiger partial charge is 0.431 e. The molecule has 7 atom stereocenters. The Labute approximate surface area is 197 Å². The predicted molar refractivity (Wildman–Crippen MR) is 127 cm³/mol. The number of carbonyl (C=O) groups excluding carboxylic acids is 2. The second-order valence-electron chi connectivity index (χ2n) is 11.8. The average Bonchev–Trinajstić information content (AvgIpc) is 3.44. The lowest BCUT2D eigenvalue weighted by atomic mass is 9.46. The number of allylic oxidation sites excluding steroid dienone is 1. The van der Waals surface area contributed by atoms with E-state index in [4.69, 9.17) is 9.57 Å². The van der Waals surface area contributed by atoms with Gasteiger partial charge in [0.25, 0.3) is 0 Å². The molecule has 3 saturated carbocycles. The molecule has 4 fully saturated rings. The number of nitrogens with one attached hydrogen (secondary N) is 1. The number of hydrogen-bond donors (Lipinski definition) is 1. The highest BCUT2D eigenvalue weighted by molar-refractivity contribution is 5.91. The van der Waals surface area contributed by atoms with E-state index in [1.54, 1.807) is 0 Å². The van der Waals surface area contributed by atoms with E-state index in [0.29, 0.717) is 36.6 Å². The largest absolute Gasteiger partial charge is 0.535 e. The highest BCUT2D eigenvalue weighted by Gasteiger charge is 2.59. The van der Waals surface area contributed by atoms with Gasteiger partial charge in [-0.25, -0.2) is 4.79 Å². The lowest BCUT2D eigenvalue weighted by Gasteiger charge is -2.58. The summed E-state index contributed by atoms with van der Waals surface area (Å²) in [6.07, 6.45) is 12.2. The number of ether oxygens (including phenoxy) is 1. The predicted octanol–water partition coefficient (Wildman–Crippen LogP) is 5.42. The number of hydrogen-bond acceptors (Lipinski definition) is 6. The van der Waals surface area contributed by atoms with Gasteiger partial charge in [-0.15, -0.1) is 0 Å². The van der Waals surface area contributed by atoms with Gasteiger partial charge >= 0.3 is 6.16 Å². The van der Waals surface area contributed by atoms with E-state index in [1.807, 2.05) is 13.0 Å². The van der Waals surface area contributed by atoms with Gasteiger partial charge in [0.15, 0.2) is 5.78 Å². The summed E-state index contributed by atoms with van der Waals surface area (Å²) < 4.78 is 5.25. The van der Waals surface area contributed by atoms with Crippen LogP contribution in [0.1, 0.15) is 85.0 Å². The van der Waals surface area contributed by atoms with E-state index in [0.717, 1.165) is 50.3 Å². The Morgan fingerprint density at radius 3 is 2.76 bits per heavy atom. The second-order valence-corrected chi connectivity index (χ2v) is 11.8. The van der Waals surface area contributed by atoms with Crippen molar-refractivity contribution in [2.45, 2.75) is 91.0 Å². The maximum absolute atomic E-state index is 12.1. The van der Waals surface area contributed by atoms with Crippen molar-refractivity contribution in [3.05, 3.63) is 11.6 Å². The summed E-state index contributed by atoms with van der Waals surface area (Å²) in [5.74, 6) is 2.78. The second kappa shape index (κ2) is 8.83. The Hall–Kier alpha value is -1.69. The summed E-state index contributed by atoms with van der Waals surface area (Å²) in [4.78, 5) is 29.3. The van der Waals surface area contributed by atoms with Crippen LogP contribution in [-0.4, -0.2) is 36.8 Å². The van der Waals surface area contributed by atoms with Crippen molar-refractivity contribution in [1.82, 2.24) is 5.32 Å². The Bertz CT molecular complexity index is 860. The first-order valence-electron chi connectivity index (χ1n) is 13.2. The molecule has 1 unspecified atom stereocenters. The number of fused-ring (bicyclic) bond motifs is 5. The Morgan fingerprint density at radius 2 is 1.97 bits per heavy atom. The number of ketones is 1. The minimum atomic E-state index is -0.696. The highest BCUT2D eigenvalue weighted by atomic mass is 16.8. The summed E-state index contributed by atoms with van der Waals surface area (Å²) in [7, 11) is 0. The molecule has 0 aromatic rings. The number of oxime groups is 1. The van der Waals surface area contributed by atoms with Crippen LogP contribution in [0.5, 0.6) is 0 Å². The van der Waals surface area contributed by atoms with E-state index in [9.17, 15) is 9.59 Å². The maximum Gasteiger partial charge on any atom is 0.535 e.